The maximum atomic E-state index is 11.5. The average molecular weight is 178 g/mol. The molecule has 1 rings (SSSR count). The zero-order valence-corrected chi connectivity index (χ0v) is 8.55. The van der Waals surface area contributed by atoms with Crippen molar-refractivity contribution in [1.29, 1.82) is 0 Å². The van der Waals surface area contributed by atoms with Crippen LogP contribution in [0.4, 0.5) is 0 Å². The van der Waals surface area contributed by atoms with Crippen LogP contribution in [-0.4, -0.2) is 5.78 Å². The molecule has 0 heterocycles. The molecular weight excluding hydrogens is 160 g/mol. The largest absolute Gasteiger partial charge is 0.294 e. The molecule has 0 aromatic rings. The summed E-state index contributed by atoms with van der Waals surface area (Å²) in [6, 6.07) is 0. The number of hydrogen-bond acceptors (Lipinski definition) is 1. The lowest BCUT2D eigenvalue weighted by Gasteiger charge is -2.17. The second-order valence-corrected chi connectivity index (χ2v) is 3.65. The summed E-state index contributed by atoms with van der Waals surface area (Å²) in [6.07, 6.45) is 10.6. The molecule has 0 amide bonds. The maximum absolute atomic E-state index is 11.5. The topological polar surface area (TPSA) is 17.1 Å². The molecule has 0 aromatic carbocycles. The minimum Gasteiger partial charge on any atom is -0.294 e. The second-order valence-electron chi connectivity index (χ2n) is 3.65. The van der Waals surface area contributed by atoms with Crippen LogP contribution in [0.5, 0.6) is 0 Å². The SMILES string of the molecule is CC=CC(=O)C(C)C1=CCCCC1. The summed E-state index contributed by atoms with van der Waals surface area (Å²) in [5.74, 6) is 0.354. The van der Waals surface area contributed by atoms with Gasteiger partial charge in [0.25, 0.3) is 0 Å². The fourth-order valence-corrected chi connectivity index (χ4v) is 1.75. The van der Waals surface area contributed by atoms with E-state index in [0.29, 0.717) is 0 Å². The molecule has 0 saturated heterocycles. The average Bonchev–Trinajstić information content (AvgIpc) is 2.18. The molecule has 13 heavy (non-hydrogen) atoms. The summed E-state index contributed by atoms with van der Waals surface area (Å²) < 4.78 is 0. The second kappa shape index (κ2) is 5.00. The number of carbonyl (C=O) groups excluding carboxylic acids is 1. The van der Waals surface area contributed by atoms with Gasteiger partial charge in [-0.15, -0.1) is 0 Å². The van der Waals surface area contributed by atoms with E-state index in [2.05, 4.69) is 6.08 Å². The van der Waals surface area contributed by atoms with Crippen LogP contribution in [-0.2, 0) is 4.79 Å². The Morgan fingerprint density at radius 2 is 2.31 bits per heavy atom. The number of rotatable bonds is 3. The maximum Gasteiger partial charge on any atom is 0.162 e. The molecule has 1 unspecified atom stereocenters. The molecule has 0 saturated carbocycles. The van der Waals surface area contributed by atoms with Crippen LogP contribution < -0.4 is 0 Å². The van der Waals surface area contributed by atoms with Gasteiger partial charge in [-0.1, -0.05) is 24.6 Å². The zero-order valence-electron chi connectivity index (χ0n) is 8.55. The van der Waals surface area contributed by atoms with Gasteiger partial charge in [0.2, 0.25) is 0 Å². The van der Waals surface area contributed by atoms with Crippen LogP contribution in [0, 0.1) is 5.92 Å². The van der Waals surface area contributed by atoms with Crippen molar-refractivity contribution >= 4 is 5.78 Å². The quantitative estimate of drug-likeness (QED) is 0.479. The van der Waals surface area contributed by atoms with Crippen molar-refractivity contribution in [3.05, 3.63) is 23.8 Å². The van der Waals surface area contributed by atoms with E-state index < -0.39 is 0 Å². The van der Waals surface area contributed by atoms with Gasteiger partial charge < -0.3 is 0 Å². The van der Waals surface area contributed by atoms with Crippen LogP contribution in [0.1, 0.15) is 39.5 Å². The highest BCUT2D eigenvalue weighted by atomic mass is 16.1. The molecule has 0 radical (unpaired) electrons. The third kappa shape index (κ3) is 2.83. The van der Waals surface area contributed by atoms with E-state index in [-0.39, 0.29) is 11.7 Å². The third-order valence-electron chi connectivity index (χ3n) is 2.64. The fourth-order valence-electron chi connectivity index (χ4n) is 1.75. The summed E-state index contributed by atoms with van der Waals surface area (Å²) in [5.41, 5.74) is 1.34. The molecule has 72 valence electrons. The van der Waals surface area contributed by atoms with Crippen molar-refractivity contribution in [2.45, 2.75) is 39.5 Å². The Labute approximate surface area is 80.5 Å². The summed E-state index contributed by atoms with van der Waals surface area (Å²) >= 11 is 0. The number of ketones is 1. The van der Waals surface area contributed by atoms with E-state index >= 15 is 0 Å². The highest BCUT2D eigenvalue weighted by molar-refractivity contribution is 5.93. The summed E-state index contributed by atoms with van der Waals surface area (Å²) in [5, 5.41) is 0. The summed E-state index contributed by atoms with van der Waals surface area (Å²) in [6.45, 7) is 3.90. The van der Waals surface area contributed by atoms with E-state index in [1.165, 1.54) is 18.4 Å². The van der Waals surface area contributed by atoms with Crippen molar-refractivity contribution in [2.24, 2.45) is 5.92 Å². The van der Waals surface area contributed by atoms with Crippen LogP contribution in [0.2, 0.25) is 0 Å². The molecule has 0 spiro atoms. The molecule has 0 aromatic heterocycles. The number of carbonyl (C=O) groups is 1. The van der Waals surface area contributed by atoms with Gasteiger partial charge in [-0.25, -0.2) is 0 Å². The molecular formula is C12H18O. The van der Waals surface area contributed by atoms with E-state index in [4.69, 9.17) is 0 Å². The summed E-state index contributed by atoms with van der Waals surface area (Å²) in [4.78, 5) is 11.5. The lowest BCUT2D eigenvalue weighted by molar-refractivity contribution is -0.116. The third-order valence-corrected chi connectivity index (χ3v) is 2.64. The first-order valence-corrected chi connectivity index (χ1v) is 5.11. The minimum absolute atomic E-state index is 0.108. The molecule has 0 bridgehead atoms. The fraction of sp³-hybridized carbons (Fsp3) is 0.583. The summed E-state index contributed by atoms with van der Waals surface area (Å²) in [7, 11) is 0. The van der Waals surface area contributed by atoms with Crippen LogP contribution in [0.15, 0.2) is 23.8 Å². The monoisotopic (exact) mass is 178 g/mol. The minimum atomic E-state index is 0.108. The molecule has 1 nitrogen and oxygen atoms in total. The molecule has 1 aliphatic carbocycles. The van der Waals surface area contributed by atoms with Gasteiger partial charge in [0.1, 0.15) is 0 Å². The predicted molar refractivity (Wildman–Crippen MR) is 55.5 cm³/mol. The Morgan fingerprint density at radius 1 is 1.54 bits per heavy atom. The van der Waals surface area contributed by atoms with Gasteiger partial charge in [0.05, 0.1) is 0 Å². The predicted octanol–water partition coefficient (Wildman–Crippen LogP) is 3.27. The molecule has 1 atom stereocenters. The number of allylic oxidation sites excluding steroid dienone is 4. The van der Waals surface area contributed by atoms with E-state index in [9.17, 15) is 4.79 Å². The first-order valence-electron chi connectivity index (χ1n) is 5.11. The first-order chi connectivity index (χ1) is 6.25. The smallest absolute Gasteiger partial charge is 0.162 e. The van der Waals surface area contributed by atoms with E-state index in [1.54, 1.807) is 6.08 Å². The van der Waals surface area contributed by atoms with E-state index in [1.807, 2.05) is 19.9 Å². The van der Waals surface area contributed by atoms with Gasteiger partial charge in [0, 0.05) is 5.92 Å². The first kappa shape index (κ1) is 10.2. The van der Waals surface area contributed by atoms with E-state index in [0.717, 1.165) is 12.8 Å². The van der Waals surface area contributed by atoms with Crippen LogP contribution in [0.3, 0.4) is 0 Å². The Hall–Kier alpha value is -0.850. The highest BCUT2D eigenvalue weighted by Crippen LogP contribution is 2.24. The normalized spacial score (nSPS) is 20.0. The molecule has 0 N–H and O–H groups in total. The Kier molecular flexibility index (Phi) is 3.94. The Morgan fingerprint density at radius 3 is 2.85 bits per heavy atom. The molecule has 0 fully saturated rings. The number of hydrogen-bond donors (Lipinski definition) is 0. The lowest BCUT2D eigenvalue weighted by Crippen LogP contribution is -2.12. The van der Waals surface area contributed by atoms with Crippen LogP contribution >= 0.6 is 0 Å². The van der Waals surface area contributed by atoms with Crippen molar-refractivity contribution in [3.8, 4) is 0 Å². The van der Waals surface area contributed by atoms with Crippen molar-refractivity contribution in [3.63, 3.8) is 0 Å². The van der Waals surface area contributed by atoms with Gasteiger partial charge >= 0.3 is 0 Å². The van der Waals surface area contributed by atoms with Gasteiger partial charge in [-0.05, 0) is 38.7 Å². The van der Waals surface area contributed by atoms with Crippen molar-refractivity contribution < 1.29 is 4.79 Å². The van der Waals surface area contributed by atoms with Crippen molar-refractivity contribution in [2.75, 3.05) is 0 Å². The molecule has 1 aliphatic rings. The van der Waals surface area contributed by atoms with Gasteiger partial charge in [-0.2, -0.15) is 0 Å². The highest BCUT2D eigenvalue weighted by Gasteiger charge is 2.16. The zero-order chi connectivity index (χ0) is 9.68. The Balaban J connectivity index is 2.60. The van der Waals surface area contributed by atoms with Crippen LogP contribution in [0.25, 0.3) is 0 Å². The van der Waals surface area contributed by atoms with Gasteiger partial charge in [0.15, 0.2) is 5.78 Å². The van der Waals surface area contributed by atoms with Gasteiger partial charge in [-0.3, -0.25) is 4.79 Å². The Bertz CT molecular complexity index is 236. The lowest BCUT2D eigenvalue weighted by atomic mass is 9.88. The molecule has 0 aliphatic heterocycles. The molecule has 1 heteroatoms. The van der Waals surface area contributed by atoms with Crippen molar-refractivity contribution in [1.82, 2.24) is 0 Å². The standard InChI is InChI=1S/C12H18O/c1-3-7-12(13)10(2)11-8-5-4-6-9-11/h3,7-8,10H,4-6,9H2,1-2H3.